The summed E-state index contributed by atoms with van der Waals surface area (Å²) >= 11 is 0. The van der Waals surface area contributed by atoms with Crippen molar-refractivity contribution < 1.29 is 9.18 Å². The lowest BCUT2D eigenvalue weighted by Gasteiger charge is -2.06. The van der Waals surface area contributed by atoms with Crippen LogP contribution in [0.25, 0.3) is 0 Å². The monoisotopic (exact) mass is 245 g/mol. The summed E-state index contributed by atoms with van der Waals surface area (Å²) in [4.78, 5) is 15.6. The van der Waals surface area contributed by atoms with E-state index in [4.69, 9.17) is 5.73 Å². The van der Waals surface area contributed by atoms with Crippen LogP contribution in [0.1, 0.15) is 15.9 Å². The molecule has 3 N–H and O–H groups in total. The number of aromatic nitrogens is 1. The van der Waals surface area contributed by atoms with Gasteiger partial charge in [-0.1, -0.05) is 12.1 Å². The van der Waals surface area contributed by atoms with Gasteiger partial charge in [0.05, 0.1) is 5.56 Å². The smallest absolute Gasteiger partial charge is 0.255 e. The number of pyridine rings is 1. The number of halogens is 1. The maximum Gasteiger partial charge on any atom is 0.255 e. The molecular weight excluding hydrogens is 233 g/mol. The minimum absolute atomic E-state index is 0.301. The zero-order chi connectivity index (χ0) is 13.0. The first-order chi connectivity index (χ1) is 8.66. The molecule has 0 saturated carbocycles. The Morgan fingerprint density at radius 1 is 1.28 bits per heavy atom. The van der Waals surface area contributed by atoms with Gasteiger partial charge in [-0.05, 0) is 23.8 Å². The first-order valence-corrected chi connectivity index (χ1v) is 5.39. The van der Waals surface area contributed by atoms with Crippen LogP contribution >= 0.6 is 0 Å². The number of carbonyl (C=O) groups is 1. The highest BCUT2D eigenvalue weighted by Crippen LogP contribution is 2.09. The van der Waals surface area contributed by atoms with Gasteiger partial charge >= 0.3 is 0 Å². The zero-order valence-electron chi connectivity index (χ0n) is 9.56. The maximum atomic E-state index is 12.7. The number of benzene rings is 1. The third kappa shape index (κ3) is 2.82. The highest BCUT2D eigenvalue weighted by molar-refractivity contribution is 5.98. The molecule has 0 bridgehead atoms. The highest BCUT2D eigenvalue weighted by Gasteiger charge is 2.08. The fraction of sp³-hybridized carbons (Fsp3) is 0.0769. The van der Waals surface area contributed by atoms with E-state index in [1.165, 1.54) is 24.5 Å². The number of nitrogen functional groups attached to an aromatic ring is 1. The molecule has 1 heterocycles. The largest absolute Gasteiger partial charge is 0.398 e. The lowest BCUT2D eigenvalue weighted by molar-refractivity contribution is 0.0951. The molecule has 2 rings (SSSR count). The molecule has 0 unspecified atom stereocenters. The zero-order valence-corrected chi connectivity index (χ0v) is 9.56. The van der Waals surface area contributed by atoms with Crippen molar-refractivity contribution in [3.63, 3.8) is 0 Å². The van der Waals surface area contributed by atoms with E-state index in [0.717, 1.165) is 5.56 Å². The standard InChI is InChI=1S/C13H12FN3O/c14-10-3-1-9(2-4-10)7-17-13(18)11-8-16-6-5-12(11)15/h1-6,8H,7H2,(H2,15,16)(H,17,18). The highest BCUT2D eigenvalue weighted by atomic mass is 19.1. The number of anilines is 1. The summed E-state index contributed by atoms with van der Waals surface area (Å²) in [6.07, 6.45) is 2.93. The molecule has 92 valence electrons. The molecule has 0 aliphatic heterocycles. The van der Waals surface area contributed by atoms with Gasteiger partial charge in [0.2, 0.25) is 0 Å². The topological polar surface area (TPSA) is 68.0 Å². The van der Waals surface area contributed by atoms with Gasteiger partial charge in [-0.25, -0.2) is 4.39 Å². The fourth-order valence-corrected chi connectivity index (χ4v) is 1.47. The summed E-state index contributed by atoms with van der Waals surface area (Å²) in [5.41, 5.74) is 7.18. The molecule has 0 aliphatic rings. The van der Waals surface area contributed by atoms with Crippen LogP contribution in [0.5, 0.6) is 0 Å². The average molecular weight is 245 g/mol. The summed E-state index contributed by atoms with van der Waals surface area (Å²) in [6.45, 7) is 0.313. The van der Waals surface area contributed by atoms with Crippen LogP contribution in [0.15, 0.2) is 42.7 Å². The third-order valence-corrected chi connectivity index (χ3v) is 2.47. The number of nitrogens with one attached hydrogen (secondary N) is 1. The Balaban J connectivity index is 2.01. The normalized spacial score (nSPS) is 10.1. The number of hydrogen-bond acceptors (Lipinski definition) is 3. The molecule has 2 aromatic rings. The van der Waals surface area contributed by atoms with E-state index in [-0.39, 0.29) is 11.7 Å². The lowest BCUT2D eigenvalue weighted by atomic mass is 10.2. The summed E-state index contributed by atoms with van der Waals surface area (Å²) < 4.78 is 12.7. The van der Waals surface area contributed by atoms with Crippen molar-refractivity contribution in [3.05, 3.63) is 59.7 Å². The second kappa shape index (κ2) is 5.27. The molecular formula is C13H12FN3O. The number of nitrogens with zero attached hydrogens (tertiary/aromatic N) is 1. The van der Waals surface area contributed by atoms with Gasteiger partial charge in [-0.3, -0.25) is 9.78 Å². The lowest BCUT2D eigenvalue weighted by Crippen LogP contribution is -2.23. The van der Waals surface area contributed by atoms with Crippen LogP contribution in [0.3, 0.4) is 0 Å². The summed E-state index contributed by atoms with van der Waals surface area (Å²) in [5, 5.41) is 2.69. The summed E-state index contributed by atoms with van der Waals surface area (Å²) in [7, 11) is 0. The molecule has 1 aromatic carbocycles. The summed E-state index contributed by atoms with van der Waals surface area (Å²) in [5.74, 6) is -0.605. The summed E-state index contributed by atoms with van der Waals surface area (Å²) in [6, 6.07) is 7.48. The van der Waals surface area contributed by atoms with E-state index in [1.807, 2.05) is 0 Å². The minimum atomic E-state index is -0.304. The molecule has 0 radical (unpaired) electrons. The van der Waals surface area contributed by atoms with Gasteiger partial charge in [-0.15, -0.1) is 0 Å². The number of amides is 1. The Bertz CT molecular complexity index is 554. The molecule has 0 aliphatic carbocycles. The first-order valence-electron chi connectivity index (χ1n) is 5.39. The Hall–Kier alpha value is -2.43. The second-order valence-corrected chi connectivity index (χ2v) is 3.77. The van der Waals surface area contributed by atoms with Crippen LogP contribution < -0.4 is 11.1 Å². The molecule has 0 spiro atoms. The molecule has 0 saturated heterocycles. The maximum absolute atomic E-state index is 12.7. The quantitative estimate of drug-likeness (QED) is 0.865. The van der Waals surface area contributed by atoms with Gasteiger partial charge in [0.25, 0.3) is 5.91 Å². The molecule has 0 atom stereocenters. The average Bonchev–Trinajstić information content (AvgIpc) is 2.38. The Labute approximate surface area is 104 Å². The first kappa shape index (κ1) is 12.0. The van der Waals surface area contributed by atoms with Crippen LogP contribution in [-0.2, 0) is 6.54 Å². The fourth-order valence-electron chi connectivity index (χ4n) is 1.47. The number of carbonyl (C=O) groups excluding carboxylic acids is 1. The van der Waals surface area contributed by atoms with Crippen molar-refractivity contribution in [2.24, 2.45) is 0 Å². The number of hydrogen-bond donors (Lipinski definition) is 2. The SMILES string of the molecule is Nc1ccncc1C(=O)NCc1ccc(F)cc1. The van der Waals surface area contributed by atoms with Crippen LogP contribution in [0.4, 0.5) is 10.1 Å². The van der Waals surface area contributed by atoms with E-state index >= 15 is 0 Å². The van der Waals surface area contributed by atoms with E-state index < -0.39 is 0 Å². The van der Waals surface area contributed by atoms with E-state index in [9.17, 15) is 9.18 Å². The van der Waals surface area contributed by atoms with Crippen LogP contribution in [0.2, 0.25) is 0 Å². The van der Waals surface area contributed by atoms with Gasteiger partial charge < -0.3 is 11.1 Å². The van der Waals surface area contributed by atoms with Crippen LogP contribution in [0, 0.1) is 5.82 Å². The predicted octanol–water partition coefficient (Wildman–Crippen LogP) is 1.73. The van der Waals surface area contributed by atoms with Gasteiger partial charge in [0.1, 0.15) is 5.82 Å². The molecule has 5 heteroatoms. The van der Waals surface area contributed by atoms with Gasteiger partial charge in [-0.2, -0.15) is 0 Å². The van der Waals surface area contributed by atoms with E-state index in [0.29, 0.717) is 17.8 Å². The molecule has 1 aromatic heterocycles. The van der Waals surface area contributed by atoms with Crippen molar-refractivity contribution in [2.45, 2.75) is 6.54 Å². The Morgan fingerprint density at radius 2 is 2.00 bits per heavy atom. The third-order valence-electron chi connectivity index (χ3n) is 2.47. The predicted molar refractivity (Wildman–Crippen MR) is 66.2 cm³/mol. The Morgan fingerprint density at radius 3 is 2.67 bits per heavy atom. The Kier molecular flexibility index (Phi) is 3.52. The van der Waals surface area contributed by atoms with Crippen molar-refractivity contribution in [1.29, 1.82) is 0 Å². The molecule has 4 nitrogen and oxygen atoms in total. The second-order valence-electron chi connectivity index (χ2n) is 3.77. The van der Waals surface area contributed by atoms with E-state index in [1.54, 1.807) is 18.2 Å². The van der Waals surface area contributed by atoms with Gasteiger partial charge in [0, 0.05) is 24.6 Å². The molecule has 1 amide bonds. The van der Waals surface area contributed by atoms with Crippen molar-refractivity contribution in [3.8, 4) is 0 Å². The minimum Gasteiger partial charge on any atom is -0.398 e. The number of rotatable bonds is 3. The van der Waals surface area contributed by atoms with Crippen molar-refractivity contribution in [1.82, 2.24) is 10.3 Å². The molecule has 18 heavy (non-hydrogen) atoms. The van der Waals surface area contributed by atoms with Crippen molar-refractivity contribution >= 4 is 11.6 Å². The van der Waals surface area contributed by atoms with Crippen molar-refractivity contribution in [2.75, 3.05) is 5.73 Å². The van der Waals surface area contributed by atoms with Gasteiger partial charge in [0.15, 0.2) is 0 Å². The van der Waals surface area contributed by atoms with E-state index in [2.05, 4.69) is 10.3 Å². The molecule has 0 fully saturated rings. The number of nitrogens with two attached hydrogens (primary N) is 1. The van der Waals surface area contributed by atoms with Crippen LogP contribution in [-0.4, -0.2) is 10.9 Å².